The third-order valence-corrected chi connectivity index (χ3v) is 7.83. The van der Waals surface area contributed by atoms with E-state index >= 15 is 0 Å². The highest BCUT2D eigenvalue weighted by molar-refractivity contribution is 9.10. The van der Waals surface area contributed by atoms with Crippen LogP contribution in [0.15, 0.2) is 28.7 Å². The fraction of sp³-hybridized carbons (Fsp3) is 0.600. The van der Waals surface area contributed by atoms with Crippen molar-refractivity contribution in [2.24, 2.45) is 5.92 Å². The summed E-state index contributed by atoms with van der Waals surface area (Å²) in [6.45, 7) is 6.44. The Bertz CT molecular complexity index is 692. The number of halogens is 1. The molecule has 0 aromatic heterocycles. The zero-order valence-electron chi connectivity index (χ0n) is 16.0. The first kappa shape index (κ1) is 20.7. The lowest BCUT2D eigenvalue weighted by atomic mass is 10.0. The Morgan fingerprint density at radius 3 is 2.74 bits per heavy atom. The number of likely N-dealkylation sites (tertiary alicyclic amines) is 1. The summed E-state index contributed by atoms with van der Waals surface area (Å²) < 4.78 is 0.835. The molecule has 2 aliphatic rings. The lowest BCUT2D eigenvalue weighted by Gasteiger charge is -2.39. The van der Waals surface area contributed by atoms with Gasteiger partial charge in [-0.1, -0.05) is 32.4 Å². The Labute approximate surface area is 174 Å². The van der Waals surface area contributed by atoms with E-state index in [-0.39, 0.29) is 22.7 Å². The van der Waals surface area contributed by atoms with E-state index in [1.807, 2.05) is 40.9 Å². The molecular weight excluding hydrogens is 426 g/mol. The largest absolute Gasteiger partial charge is 0.354 e. The summed E-state index contributed by atoms with van der Waals surface area (Å²) in [5.74, 6) is 1.47. The first-order valence-corrected chi connectivity index (χ1v) is 11.4. The van der Waals surface area contributed by atoms with Crippen LogP contribution in [-0.4, -0.2) is 53.0 Å². The molecule has 1 aromatic carbocycles. The summed E-state index contributed by atoms with van der Waals surface area (Å²) in [6.07, 6.45) is 2.80. The van der Waals surface area contributed by atoms with Gasteiger partial charge in [0, 0.05) is 29.9 Å². The minimum Gasteiger partial charge on any atom is -0.354 e. The molecule has 0 saturated carbocycles. The van der Waals surface area contributed by atoms with Crippen LogP contribution in [0.4, 0.5) is 0 Å². The number of thioether (sulfide) groups is 1. The molecular formula is C20H28BrN3O2S. The number of carbonyl (C=O) groups excluding carboxylic acids is 2. The van der Waals surface area contributed by atoms with E-state index in [0.29, 0.717) is 24.6 Å². The predicted octanol–water partition coefficient (Wildman–Crippen LogP) is 3.25. The first-order chi connectivity index (χ1) is 12.9. The number of benzene rings is 1. The van der Waals surface area contributed by atoms with Crippen molar-refractivity contribution in [3.63, 3.8) is 0 Å². The molecule has 2 fully saturated rings. The number of nitrogens with zero attached hydrogens (tertiary/aromatic N) is 1. The van der Waals surface area contributed by atoms with Gasteiger partial charge < -0.3 is 10.2 Å². The summed E-state index contributed by atoms with van der Waals surface area (Å²) in [4.78, 5) is 27.0. The van der Waals surface area contributed by atoms with Gasteiger partial charge in [-0.2, -0.15) is 0 Å². The maximum atomic E-state index is 12.8. The van der Waals surface area contributed by atoms with Crippen molar-refractivity contribution in [3.05, 3.63) is 34.3 Å². The van der Waals surface area contributed by atoms with Gasteiger partial charge in [-0.3, -0.25) is 14.9 Å². The van der Waals surface area contributed by atoms with E-state index in [0.717, 1.165) is 36.0 Å². The molecule has 148 valence electrons. The number of piperidine rings is 1. The maximum Gasteiger partial charge on any atom is 0.255 e. The number of rotatable bonds is 5. The molecule has 2 N–H and O–H groups in total. The molecule has 0 bridgehead atoms. The molecule has 7 heteroatoms. The lowest BCUT2D eigenvalue weighted by molar-refractivity contribution is -0.122. The number of hydrogen-bond acceptors (Lipinski definition) is 4. The first-order valence-electron chi connectivity index (χ1n) is 9.67. The van der Waals surface area contributed by atoms with Crippen molar-refractivity contribution >= 4 is 39.5 Å². The smallest absolute Gasteiger partial charge is 0.255 e. The molecule has 2 heterocycles. The molecule has 2 unspecified atom stereocenters. The highest BCUT2D eigenvalue weighted by Crippen LogP contribution is 2.39. The number of amides is 2. The quantitative estimate of drug-likeness (QED) is 0.717. The zero-order valence-corrected chi connectivity index (χ0v) is 18.4. The van der Waals surface area contributed by atoms with Gasteiger partial charge in [-0.05, 0) is 46.8 Å². The average molecular weight is 454 g/mol. The summed E-state index contributed by atoms with van der Waals surface area (Å²) in [7, 11) is 0. The van der Waals surface area contributed by atoms with Crippen molar-refractivity contribution < 1.29 is 9.59 Å². The van der Waals surface area contributed by atoms with Crippen LogP contribution in [0.2, 0.25) is 0 Å². The normalized spacial score (nSPS) is 22.6. The van der Waals surface area contributed by atoms with E-state index in [1.54, 1.807) is 0 Å². The minimum atomic E-state index is -0.135. The lowest BCUT2D eigenvalue weighted by Crippen LogP contribution is -2.54. The van der Waals surface area contributed by atoms with Crippen LogP contribution in [0.1, 0.15) is 43.5 Å². The minimum absolute atomic E-state index is 0.0724. The number of carbonyl (C=O) groups is 2. The van der Waals surface area contributed by atoms with Crippen LogP contribution < -0.4 is 10.6 Å². The Balaban J connectivity index is 1.52. The van der Waals surface area contributed by atoms with Crippen molar-refractivity contribution in [2.45, 2.75) is 44.0 Å². The molecule has 2 saturated heterocycles. The Hall–Kier alpha value is -1.05. The predicted molar refractivity (Wildman–Crippen MR) is 114 cm³/mol. The molecule has 5 nitrogen and oxygen atoms in total. The molecule has 2 aliphatic heterocycles. The van der Waals surface area contributed by atoms with Gasteiger partial charge >= 0.3 is 0 Å². The Kier molecular flexibility index (Phi) is 6.87. The summed E-state index contributed by atoms with van der Waals surface area (Å²) in [5, 5.41) is 6.63. The molecule has 2 atom stereocenters. The summed E-state index contributed by atoms with van der Waals surface area (Å²) >= 11 is 5.30. The monoisotopic (exact) mass is 453 g/mol. The second kappa shape index (κ2) is 8.97. The van der Waals surface area contributed by atoms with Gasteiger partial charge in [0.2, 0.25) is 5.91 Å². The van der Waals surface area contributed by atoms with Crippen molar-refractivity contribution in [1.82, 2.24) is 15.5 Å². The van der Waals surface area contributed by atoms with E-state index < -0.39 is 0 Å². The second-order valence-electron chi connectivity index (χ2n) is 7.53. The van der Waals surface area contributed by atoms with Crippen molar-refractivity contribution in [2.75, 3.05) is 25.4 Å². The van der Waals surface area contributed by atoms with Crippen LogP contribution >= 0.6 is 27.7 Å². The van der Waals surface area contributed by atoms with Crippen LogP contribution in [0.25, 0.3) is 0 Å². The third-order valence-electron chi connectivity index (χ3n) is 5.56. The van der Waals surface area contributed by atoms with Gasteiger partial charge in [-0.25, -0.2) is 0 Å². The molecule has 27 heavy (non-hydrogen) atoms. The van der Waals surface area contributed by atoms with Gasteiger partial charge in [0.15, 0.2) is 0 Å². The van der Waals surface area contributed by atoms with E-state index in [1.165, 1.54) is 0 Å². The average Bonchev–Trinajstić information content (AvgIpc) is 3.10. The van der Waals surface area contributed by atoms with E-state index in [2.05, 4.69) is 40.4 Å². The van der Waals surface area contributed by atoms with Gasteiger partial charge in [-0.15, -0.1) is 11.8 Å². The molecule has 0 aliphatic carbocycles. The Morgan fingerprint density at radius 2 is 2.07 bits per heavy atom. The van der Waals surface area contributed by atoms with Crippen LogP contribution in [0.3, 0.4) is 0 Å². The second-order valence-corrected chi connectivity index (χ2v) is 9.79. The van der Waals surface area contributed by atoms with Crippen molar-refractivity contribution in [1.29, 1.82) is 0 Å². The number of hydrogen-bond donors (Lipinski definition) is 2. The molecule has 0 radical (unpaired) electrons. The van der Waals surface area contributed by atoms with Gasteiger partial charge in [0.25, 0.3) is 5.91 Å². The van der Waals surface area contributed by atoms with Crippen molar-refractivity contribution in [3.8, 4) is 0 Å². The zero-order chi connectivity index (χ0) is 19.4. The fourth-order valence-corrected chi connectivity index (χ4v) is 5.36. The Morgan fingerprint density at radius 1 is 1.37 bits per heavy atom. The fourth-order valence-electron chi connectivity index (χ4n) is 3.49. The maximum absolute atomic E-state index is 12.8. The summed E-state index contributed by atoms with van der Waals surface area (Å²) in [5.41, 5.74) is 0.711. The summed E-state index contributed by atoms with van der Waals surface area (Å²) in [6, 6.07) is 7.43. The molecule has 2 amide bonds. The van der Waals surface area contributed by atoms with Crippen LogP contribution in [0, 0.1) is 5.92 Å². The standard InChI is InChI=1S/C20H28BrN3O2S/c1-3-14(2)12-22-18(25)17-13-27-20(23-17)8-10-24(11-9-20)19(26)15-6-4-5-7-16(15)21/h4-7,14,17,23H,3,8-13H2,1-2H3,(H,22,25). The van der Waals surface area contributed by atoms with Gasteiger partial charge in [0.05, 0.1) is 16.5 Å². The van der Waals surface area contributed by atoms with Crippen LogP contribution in [0.5, 0.6) is 0 Å². The molecule has 1 aromatic rings. The number of nitrogens with one attached hydrogen (secondary N) is 2. The van der Waals surface area contributed by atoms with E-state index in [9.17, 15) is 9.59 Å². The third kappa shape index (κ3) is 4.87. The SMILES string of the molecule is CCC(C)CNC(=O)C1CSC2(CCN(C(=O)c3ccccc3Br)CC2)N1. The molecule has 3 rings (SSSR count). The van der Waals surface area contributed by atoms with E-state index in [4.69, 9.17) is 0 Å². The molecule has 1 spiro atoms. The van der Waals surface area contributed by atoms with Crippen LogP contribution in [-0.2, 0) is 4.79 Å². The highest BCUT2D eigenvalue weighted by atomic mass is 79.9. The topological polar surface area (TPSA) is 61.4 Å². The highest BCUT2D eigenvalue weighted by Gasteiger charge is 2.44. The van der Waals surface area contributed by atoms with Gasteiger partial charge in [0.1, 0.15) is 0 Å².